The number of benzene rings is 3. The van der Waals surface area contributed by atoms with E-state index in [1.165, 1.54) is 6.08 Å². The molecule has 0 atom stereocenters. The highest BCUT2D eigenvalue weighted by atomic mass is 35.5. The van der Waals surface area contributed by atoms with E-state index in [0.29, 0.717) is 31.9 Å². The van der Waals surface area contributed by atoms with Crippen LogP contribution in [0.3, 0.4) is 0 Å². The zero-order valence-electron chi connectivity index (χ0n) is 17.2. The van der Waals surface area contributed by atoms with Crippen molar-refractivity contribution in [1.82, 2.24) is 10.2 Å². The minimum Gasteiger partial charge on any atom is -0.488 e. The number of thioether (sulfide) groups is 1. The van der Waals surface area contributed by atoms with Crippen LogP contribution >= 0.6 is 46.6 Å². The molecule has 4 aromatic rings. The second-order valence-corrected chi connectivity index (χ2v) is 9.11. The van der Waals surface area contributed by atoms with E-state index in [1.54, 1.807) is 66.7 Å². The van der Waals surface area contributed by atoms with Gasteiger partial charge >= 0.3 is 5.97 Å². The second kappa shape index (κ2) is 11.0. The first-order valence-corrected chi connectivity index (χ1v) is 11.7. The maximum Gasteiger partial charge on any atom is 0.342 e. The minimum atomic E-state index is -1.14. The maximum absolute atomic E-state index is 11.9. The molecule has 0 radical (unpaired) electrons. The Balaban J connectivity index is 1.53. The van der Waals surface area contributed by atoms with Crippen LogP contribution in [0.1, 0.15) is 11.1 Å². The fraction of sp³-hybridized carbons (Fsp3) is 0.0417. The Labute approximate surface area is 214 Å². The molecule has 3 aromatic carbocycles. The third-order valence-electron chi connectivity index (χ3n) is 4.49. The largest absolute Gasteiger partial charge is 0.488 e. The molecule has 0 aliphatic rings. The molecule has 10 heteroatoms. The predicted octanol–water partition coefficient (Wildman–Crippen LogP) is 7.49. The Bertz CT molecular complexity index is 1360. The number of hydrogen-bond donors (Lipinski definition) is 1. The van der Waals surface area contributed by atoms with Crippen molar-refractivity contribution in [2.45, 2.75) is 11.8 Å². The average molecular weight is 534 g/mol. The Hall–Kier alpha value is -2.97. The number of carboxylic acid groups (broad SMARTS) is 1. The van der Waals surface area contributed by atoms with E-state index in [-0.39, 0.29) is 22.6 Å². The van der Waals surface area contributed by atoms with Gasteiger partial charge in [-0.1, -0.05) is 59.1 Å². The lowest BCUT2D eigenvalue weighted by atomic mass is 10.2. The number of aliphatic carboxylic acids is 1. The Morgan fingerprint density at radius 2 is 1.76 bits per heavy atom. The van der Waals surface area contributed by atoms with Crippen LogP contribution in [0.2, 0.25) is 15.1 Å². The van der Waals surface area contributed by atoms with Crippen molar-refractivity contribution in [3.05, 3.63) is 97.8 Å². The number of para-hydroxylation sites is 1. The monoisotopic (exact) mass is 532 g/mol. The Morgan fingerprint density at radius 3 is 2.50 bits per heavy atom. The van der Waals surface area contributed by atoms with Crippen LogP contribution in [0.5, 0.6) is 5.75 Å². The number of nitrogens with zero attached hydrogens (tertiary/aromatic N) is 2. The minimum absolute atomic E-state index is 0.0168. The van der Waals surface area contributed by atoms with E-state index in [0.717, 1.165) is 17.3 Å². The zero-order valence-corrected chi connectivity index (χ0v) is 20.3. The van der Waals surface area contributed by atoms with Crippen molar-refractivity contribution in [2.75, 3.05) is 0 Å². The highest BCUT2D eigenvalue weighted by molar-refractivity contribution is 8.03. The van der Waals surface area contributed by atoms with Gasteiger partial charge in [0.05, 0.1) is 10.0 Å². The standard InChI is InChI=1S/C24H15Cl3N2O4S/c25-17-8-6-15(7-9-17)22-28-29-24(33-22)34-21(23(30)31)12-16-3-1-2-4-20(16)32-13-14-5-10-18(26)19(27)11-14/h1-12H,13H2,(H,30,31)/b21-12-. The fourth-order valence-corrected chi connectivity index (χ4v) is 3.96. The molecule has 34 heavy (non-hydrogen) atoms. The van der Waals surface area contributed by atoms with E-state index < -0.39 is 5.97 Å². The van der Waals surface area contributed by atoms with Gasteiger partial charge in [0.15, 0.2) is 0 Å². The molecule has 1 heterocycles. The average Bonchev–Trinajstić information content (AvgIpc) is 3.29. The van der Waals surface area contributed by atoms with Crippen LogP contribution in [0.4, 0.5) is 0 Å². The Morgan fingerprint density at radius 1 is 1.00 bits per heavy atom. The maximum atomic E-state index is 11.9. The number of carboxylic acids is 1. The molecule has 0 unspecified atom stereocenters. The number of ether oxygens (including phenoxy) is 1. The summed E-state index contributed by atoms with van der Waals surface area (Å²) in [6.07, 6.45) is 1.49. The van der Waals surface area contributed by atoms with Gasteiger partial charge in [0.25, 0.3) is 5.22 Å². The van der Waals surface area contributed by atoms with Gasteiger partial charge in [0.2, 0.25) is 5.89 Å². The summed E-state index contributed by atoms with van der Waals surface area (Å²) in [6, 6.07) is 19.2. The number of hydrogen-bond acceptors (Lipinski definition) is 6. The Kier molecular flexibility index (Phi) is 7.80. The van der Waals surface area contributed by atoms with Crippen molar-refractivity contribution in [2.24, 2.45) is 0 Å². The normalized spacial score (nSPS) is 11.4. The van der Waals surface area contributed by atoms with Crippen LogP contribution in [0, 0.1) is 0 Å². The number of rotatable bonds is 8. The summed E-state index contributed by atoms with van der Waals surface area (Å²) in [5.41, 5.74) is 2.07. The van der Waals surface area contributed by atoms with Crippen molar-refractivity contribution in [3.63, 3.8) is 0 Å². The molecule has 0 amide bonds. The van der Waals surface area contributed by atoms with Gasteiger partial charge in [0, 0.05) is 16.1 Å². The van der Waals surface area contributed by atoms with Crippen molar-refractivity contribution in [1.29, 1.82) is 0 Å². The van der Waals surface area contributed by atoms with Crippen LogP contribution in [-0.4, -0.2) is 21.3 Å². The molecule has 4 rings (SSSR count). The van der Waals surface area contributed by atoms with Crippen LogP contribution < -0.4 is 4.74 Å². The van der Waals surface area contributed by atoms with Crippen molar-refractivity contribution >= 4 is 58.6 Å². The van der Waals surface area contributed by atoms with Crippen molar-refractivity contribution in [3.8, 4) is 17.2 Å². The second-order valence-electron chi connectivity index (χ2n) is 6.87. The highest BCUT2D eigenvalue weighted by Gasteiger charge is 2.17. The van der Waals surface area contributed by atoms with Gasteiger partial charge in [-0.05, 0) is 65.9 Å². The lowest BCUT2D eigenvalue weighted by Gasteiger charge is -2.10. The van der Waals surface area contributed by atoms with E-state index >= 15 is 0 Å². The third-order valence-corrected chi connectivity index (χ3v) is 6.33. The highest BCUT2D eigenvalue weighted by Crippen LogP contribution is 2.32. The number of aromatic nitrogens is 2. The first-order valence-electron chi connectivity index (χ1n) is 9.77. The van der Waals surface area contributed by atoms with Gasteiger partial charge in [-0.2, -0.15) is 0 Å². The van der Waals surface area contributed by atoms with Gasteiger partial charge in [0.1, 0.15) is 17.3 Å². The number of carbonyl (C=O) groups is 1. The molecule has 0 aliphatic carbocycles. The summed E-state index contributed by atoms with van der Waals surface area (Å²) in [5.74, 6) is -0.384. The van der Waals surface area contributed by atoms with Crippen LogP contribution in [0.15, 0.2) is 81.3 Å². The zero-order chi connectivity index (χ0) is 24.1. The van der Waals surface area contributed by atoms with Crippen LogP contribution in [-0.2, 0) is 11.4 Å². The first kappa shape index (κ1) is 24.2. The SMILES string of the molecule is O=C(O)/C(=C/c1ccccc1OCc1ccc(Cl)c(Cl)c1)Sc1nnc(-c2ccc(Cl)cc2)o1. The smallest absolute Gasteiger partial charge is 0.342 e. The first-order chi connectivity index (χ1) is 16.4. The molecule has 172 valence electrons. The predicted molar refractivity (Wildman–Crippen MR) is 133 cm³/mol. The summed E-state index contributed by atoms with van der Waals surface area (Å²) in [7, 11) is 0. The molecular weight excluding hydrogens is 519 g/mol. The van der Waals surface area contributed by atoms with Gasteiger partial charge in [-0.25, -0.2) is 4.79 Å². The van der Waals surface area contributed by atoms with Gasteiger partial charge < -0.3 is 14.3 Å². The summed E-state index contributed by atoms with van der Waals surface area (Å²) in [6.45, 7) is 0.228. The molecule has 0 aliphatic heterocycles. The van der Waals surface area contributed by atoms with E-state index in [2.05, 4.69) is 10.2 Å². The lowest BCUT2D eigenvalue weighted by Crippen LogP contribution is -1.99. The topological polar surface area (TPSA) is 85.5 Å². The molecule has 0 saturated heterocycles. The summed E-state index contributed by atoms with van der Waals surface area (Å²) in [5, 5.41) is 19.2. The van der Waals surface area contributed by atoms with Crippen LogP contribution in [0.25, 0.3) is 17.5 Å². The summed E-state index contributed by atoms with van der Waals surface area (Å²) >= 11 is 18.8. The number of halogens is 3. The summed E-state index contributed by atoms with van der Waals surface area (Å²) < 4.78 is 11.5. The molecule has 0 fully saturated rings. The molecular formula is C24H15Cl3N2O4S. The summed E-state index contributed by atoms with van der Waals surface area (Å²) in [4.78, 5) is 11.9. The molecule has 0 bridgehead atoms. The molecule has 0 saturated carbocycles. The van der Waals surface area contributed by atoms with E-state index in [1.807, 2.05) is 0 Å². The molecule has 0 spiro atoms. The van der Waals surface area contributed by atoms with Crippen molar-refractivity contribution < 1.29 is 19.1 Å². The van der Waals surface area contributed by atoms with Gasteiger partial charge in [-0.15, -0.1) is 10.2 Å². The lowest BCUT2D eigenvalue weighted by molar-refractivity contribution is -0.131. The quantitative estimate of drug-likeness (QED) is 0.185. The van der Waals surface area contributed by atoms with E-state index in [4.69, 9.17) is 44.0 Å². The third kappa shape index (κ3) is 6.12. The fourth-order valence-electron chi connectivity index (χ4n) is 2.85. The van der Waals surface area contributed by atoms with E-state index in [9.17, 15) is 9.90 Å². The molecule has 1 aromatic heterocycles. The molecule has 6 nitrogen and oxygen atoms in total. The molecule has 1 N–H and O–H groups in total. The van der Waals surface area contributed by atoms with Gasteiger partial charge in [-0.3, -0.25) is 0 Å².